The number of primary amides is 1. The first-order valence-corrected chi connectivity index (χ1v) is 4.48. The zero-order valence-corrected chi connectivity index (χ0v) is 8.46. The number of rotatable bonds is 6. The molecule has 0 fully saturated rings. The van der Waals surface area contributed by atoms with Gasteiger partial charge >= 0.3 is 0 Å². The first-order valence-electron chi connectivity index (χ1n) is 4.48. The number of carbonyl (C=O) groups is 2. The van der Waals surface area contributed by atoms with Gasteiger partial charge in [-0.3, -0.25) is 9.59 Å². The fourth-order valence-electron chi connectivity index (χ4n) is 1.00. The van der Waals surface area contributed by atoms with E-state index >= 15 is 0 Å². The van der Waals surface area contributed by atoms with Crippen LogP contribution >= 0.6 is 0 Å². The van der Waals surface area contributed by atoms with E-state index < -0.39 is 5.91 Å². The van der Waals surface area contributed by atoms with Gasteiger partial charge in [-0.1, -0.05) is 13.8 Å². The number of likely N-dealkylation sites (N-methyl/N-ethyl adjacent to an activating group) is 1. The molecule has 76 valence electrons. The van der Waals surface area contributed by atoms with Crippen molar-refractivity contribution in [3.8, 4) is 0 Å². The highest BCUT2D eigenvalue weighted by Crippen LogP contribution is 2.04. The van der Waals surface area contributed by atoms with Crippen LogP contribution in [0.3, 0.4) is 0 Å². The Bertz CT molecular complexity index is 190. The molecule has 0 aromatic heterocycles. The van der Waals surface area contributed by atoms with Crippen molar-refractivity contribution < 1.29 is 9.59 Å². The lowest BCUT2D eigenvalue weighted by Crippen LogP contribution is -2.39. The molecule has 0 bridgehead atoms. The molecule has 0 aliphatic carbocycles. The topological polar surface area (TPSA) is 72.2 Å². The molecule has 4 heteroatoms. The number of ketones is 1. The molecule has 4 nitrogen and oxygen atoms in total. The highest BCUT2D eigenvalue weighted by Gasteiger charge is 2.15. The van der Waals surface area contributed by atoms with E-state index in [2.05, 4.69) is 5.32 Å². The number of hydrogen-bond acceptors (Lipinski definition) is 3. The minimum absolute atomic E-state index is 0.0328. The largest absolute Gasteiger partial charge is 0.368 e. The van der Waals surface area contributed by atoms with Crippen LogP contribution in [-0.4, -0.2) is 24.8 Å². The molecule has 0 aliphatic rings. The summed E-state index contributed by atoms with van der Waals surface area (Å²) < 4.78 is 0. The molecule has 0 rings (SSSR count). The molecular formula is C9H18N2O2. The van der Waals surface area contributed by atoms with Gasteiger partial charge in [-0.05, 0) is 13.5 Å². The monoisotopic (exact) mass is 186 g/mol. The Morgan fingerprint density at radius 2 is 1.92 bits per heavy atom. The van der Waals surface area contributed by atoms with Crippen LogP contribution in [0.4, 0.5) is 0 Å². The Hall–Kier alpha value is -0.900. The van der Waals surface area contributed by atoms with Gasteiger partial charge in [0, 0.05) is 12.3 Å². The Morgan fingerprint density at radius 3 is 2.23 bits per heavy atom. The van der Waals surface area contributed by atoms with Gasteiger partial charge in [-0.15, -0.1) is 0 Å². The van der Waals surface area contributed by atoms with Gasteiger partial charge in [-0.25, -0.2) is 0 Å². The average molecular weight is 186 g/mol. The van der Waals surface area contributed by atoms with Crippen LogP contribution in [0, 0.1) is 5.92 Å². The summed E-state index contributed by atoms with van der Waals surface area (Å²) in [7, 11) is 1.66. The van der Waals surface area contributed by atoms with Crippen molar-refractivity contribution in [2.45, 2.75) is 32.7 Å². The smallest absolute Gasteiger partial charge is 0.234 e. The van der Waals surface area contributed by atoms with Crippen molar-refractivity contribution in [1.29, 1.82) is 0 Å². The second kappa shape index (κ2) is 5.70. The van der Waals surface area contributed by atoms with E-state index in [9.17, 15) is 9.59 Å². The summed E-state index contributed by atoms with van der Waals surface area (Å²) in [6.45, 7) is 3.70. The third-order valence-electron chi connectivity index (χ3n) is 2.02. The van der Waals surface area contributed by atoms with Gasteiger partial charge in [0.15, 0.2) is 0 Å². The zero-order chi connectivity index (χ0) is 10.4. The van der Waals surface area contributed by atoms with Crippen molar-refractivity contribution in [2.24, 2.45) is 11.7 Å². The van der Waals surface area contributed by atoms with Crippen LogP contribution < -0.4 is 11.1 Å². The van der Waals surface area contributed by atoms with E-state index in [1.807, 2.05) is 13.8 Å². The molecule has 0 radical (unpaired) electrons. The van der Waals surface area contributed by atoms with E-state index in [0.29, 0.717) is 12.8 Å². The maximum absolute atomic E-state index is 11.2. The third kappa shape index (κ3) is 4.62. The van der Waals surface area contributed by atoms with Crippen LogP contribution in [0.15, 0.2) is 0 Å². The summed E-state index contributed by atoms with van der Waals surface area (Å²) in [5, 5.41) is 2.77. The quantitative estimate of drug-likeness (QED) is 0.616. The molecule has 0 spiro atoms. The lowest BCUT2D eigenvalue weighted by molar-refractivity contribution is -0.122. The van der Waals surface area contributed by atoms with Gasteiger partial charge in [0.05, 0.1) is 6.04 Å². The number of carbonyl (C=O) groups excluding carboxylic acids is 2. The average Bonchev–Trinajstić information content (AvgIpc) is 2.04. The second-order valence-corrected chi connectivity index (χ2v) is 3.40. The molecular weight excluding hydrogens is 168 g/mol. The van der Waals surface area contributed by atoms with Crippen LogP contribution in [0.2, 0.25) is 0 Å². The number of amides is 1. The standard InChI is InChI=1S/C9H18N2O2/c1-6(2)8(12)5-4-7(11-3)9(10)13/h6-7,11H,4-5H2,1-3H3,(H2,10,13). The Labute approximate surface area is 78.9 Å². The highest BCUT2D eigenvalue weighted by atomic mass is 16.1. The molecule has 0 saturated carbocycles. The fraction of sp³-hybridized carbons (Fsp3) is 0.778. The van der Waals surface area contributed by atoms with E-state index in [0.717, 1.165) is 0 Å². The maximum atomic E-state index is 11.2. The summed E-state index contributed by atoms with van der Waals surface area (Å²) >= 11 is 0. The lowest BCUT2D eigenvalue weighted by atomic mass is 10.0. The molecule has 0 aromatic carbocycles. The van der Waals surface area contributed by atoms with Crippen LogP contribution in [-0.2, 0) is 9.59 Å². The predicted molar refractivity (Wildman–Crippen MR) is 51.1 cm³/mol. The number of Topliss-reactive ketones (excluding diaryl/α,β-unsaturated/α-hetero) is 1. The zero-order valence-electron chi connectivity index (χ0n) is 8.46. The van der Waals surface area contributed by atoms with Crippen LogP contribution in [0.5, 0.6) is 0 Å². The summed E-state index contributed by atoms with van der Waals surface area (Å²) in [6.07, 6.45) is 0.898. The van der Waals surface area contributed by atoms with Crippen molar-refractivity contribution in [3.63, 3.8) is 0 Å². The fourth-order valence-corrected chi connectivity index (χ4v) is 1.00. The SMILES string of the molecule is CNC(CCC(=O)C(C)C)C(N)=O. The van der Waals surface area contributed by atoms with E-state index in [1.165, 1.54) is 0 Å². The molecule has 1 atom stereocenters. The van der Waals surface area contributed by atoms with Gasteiger partial charge in [0.1, 0.15) is 5.78 Å². The van der Waals surface area contributed by atoms with Gasteiger partial charge in [0.2, 0.25) is 5.91 Å². The maximum Gasteiger partial charge on any atom is 0.234 e. The van der Waals surface area contributed by atoms with Crippen molar-refractivity contribution in [3.05, 3.63) is 0 Å². The molecule has 1 unspecified atom stereocenters. The van der Waals surface area contributed by atoms with E-state index in [1.54, 1.807) is 7.05 Å². The minimum atomic E-state index is -0.404. The number of hydrogen-bond donors (Lipinski definition) is 2. The van der Waals surface area contributed by atoms with Crippen LogP contribution in [0.25, 0.3) is 0 Å². The molecule has 1 amide bonds. The summed E-state index contributed by atoms with van der Waals surface area (Å²) in [5.74, 6) is -0.203. The third-order valence-corrected chi connectivity index (χ3v) is 2.02. The normalized spacial score (nSPS) is 12.9. The van der Waals surface area contributed by atoms with E-state index in [4.69, 9.17) is 5.73 Å². The Morgan fingerprint density at radius 1 is 1.38 bits per heavy atom. The van der Waals surface area contributed by atoms with E-state index in [-0.39, 0.29) is 17.7 Å². The first-order chi connectivity index (χ1) is 5.99. The predicted octanol–water partition coefficient (Wildman–Crippen LogP) is 0.0650. The number of nitrogens with two attached hydrogens (primary N) is 1. The Balaban J connectivity index is 3.85. The highest BCUT2D eigenvalue weighted by molar-refractivity contribution is 5.83. The van der Waals surface area contributed by atoms with Gasteiger partial charge in [-0.2, -0.15) is 0 Å². The van der Waals surface area contributed by atoms with Crippen molar-refractivity contribution in [2.75, 3.05) is 7.05 Å². The van der Waals surface area contributed by atoms with Gasteiger partial charge < -0.3 is 11.1 Å². The molecule has 3 N–H and O–H groups in total. The summed E-state index contributed by atoms with van der Waals surface area (Å²) in [5.41, 5.74) is 5.10. The number of nitrogens with one attached hydrogen (secondary N) is 1. The van der Waals surface area contributed by atoms with Crippen molar-refractivity contribution in [1.82, 2.24) is 5.32 Å². The molecule has 0 aliphatic heterocycles. The molecule has 0 heterocycles. The summed E-state index contributed by atoms with van der Waals surface area (Å²) in [4.78, 5) is 22.0. The molecule has 13 heavy (non-hydrogen) atoms. The minimum Gasteiger partial charge on any atom is -0.368 e. The first kappa shape index (κ1) is 12.1. The lowest BCUT2D eigenvalue weighted by Gasteiger charge is -2.11. The Kier molecular flexibility index (Phi) is 5.30. The molecule has 0 aromatic rings. The second-order valence-electron chi connectivity index (χ2n) is 3.40. The van der Waals surface area contributed by atoms with Gasteiger partial charge in [0.25, 0.3) is 0 Å². The van der Waals surface area contributed by atoms with Crippen molar-refractivity contribution >= 4 is 11.7 Å². The summed E-state index contributed by atoms with van der Waals surface area (Å²) in [6, 6.07) is -0.386. The molecule has 0 saturated heterocycles. The van der Waals surface area contributed by atoms with Crippen LogP contribution in [0.1, 0.15) is 26.7 Å².